The van der Waals surface area contributed by atoms with Crippen molar-refractivity contribution in [3.63, 3.8) is 0 Å². The molecule has 22 heavy (non-hydrogen) atoms. The number of halogens is 10. The van der Waals surface area contributed by atoms with Crippen molar-refractivity contribution in [2.75, 3.05) is 0 Å². The fraction of sp³-hybridized carbons (Fsp3) is 0.545. The van der Waals surface area contributed by atoms with E-state index in [1.165, 1.54) is 0 Å². The van der Waals surface area contributed by atoms with Crippen LogP contribution in [-0.2, 0) is 12.1 Å². The molecular formula is C11H6BrCl2F7N. The minimum atomic E-state index is -6.27. The molecule has 0 amide bonds. The average molecular weight is 436 g/mol. The summed E-state index contributed by atoms with van der Waals surface area (Å²) in [5, 5.41) is 0. The van der Waals surface area contributed by atoms with Gasteiger partial charge in [-0.25, -0.2) is 9.37 Å². The van der Waals surface area contributed by atoms with Crippen LogP contribution in [0.4, 0.5) is 30.7 Å². The van der Waals surface area contributed by atoms with Crippen LogP contribution in [0.25, 0.3) is 0 Å². The van der Waals surface area contributed by atoms with E-state index in [1.54, 1.807) is 0 Å². The Bertz CT molecular complexity index is 543. The second-order valence-corrected chi connectivity index (χ2v) is 6.26. The van der Waals surface area contributed by atoms with Crippen LogP contribution < -0.4 is 0 Å². The smallest absolute Gasteiger partial charge is 0.241 e. The number of nitrogens with zero attached hydrogens (tertiary/aromatic N) is 1. The molecule has 0 saturated carbocycles. The summed E-state index contributed by atoms with van der Waals surface area (Å²) in [6.45, 7) is 1.15. The molecule has 1 heterocycles. The van der Waals surface area contributed by atoms with E-state index in [2.05, 4.69) is 27.0 Å². The molecule has 1 radical (unpaired) electrons. The number of hydrogen-bond donors (Lipinski definition) is 0. The molecule has 0 fully saturated rings. The summed E-state index contributed by atoms with van der Waals surface area (Å²) in [6.07, 6.45) is -13.2. The van der Waals surface area contributed by atoms with Gasteiger partial charge in [0.25, 0.3) is 0 Å². The molecular weight excluding hydrogens is 430 g/mol. The van der Waals surface area contributed by atoms with E-state index in [4.69, 9.17) is 23.2 Å². The third-order valence-corrected chi connectivity index (χ3v) is 3.39. The first kappa shape index (κ1) is 19.8. The van der Waals surface area contributed by atoms with Crippen LogP contribution in [0.2, 0.25) is 0 Å². The predicted octanol–water partition coefficient (Wildman–Crippen LogP) is 5.59. The molecule has 11 heteroatoms. The maximum Gasteiger partial charge on any atom is 0.437 e. The van der Waals surface area contributed by atoms with Gasteiger partial charge in [0.1, 0.15) is 15.1 Å². The van der Waals surface area contributed by atoms with Crippen molar-refractivity contribution >= 4 is 39.1 Å². The first-order valence-corrected chi connectivity index (χ1v) is 7.07. The highest BCUT2D eigenvalue weighted by Gasteiger charge is 2.75. The lowest BCUT2D eigenvalue weighted by Crippen LogP contribution is -2.51. The Morgan fingerprint density at radius 2 is 1.55 bits per heavy atom. The molecule has 0 spiro atoms. The van der Waals surface area contributed by atoms with E-state index in [1.807, 2.05) is 0 Å². The highest BCUT2D eigenvalue weighted by atomic mass is 79.9. The summed E-state index contributed by atoms with van der Waals surface area (Å²) in [5.41, 5.74) is -8.38. The molecule has 0 atom stereocenters. The van der Waals surface area contributed by atoms with Gasteiger partial charge in [-0.05, 0) is 34.0 Å². The Morgan fingerprint density at radius 3 is 1.91 bits per heavy atom. The monoisotopic (exact) mass is 434 g/mol. The quantitative estimate of drug-likeness (QED) is 0.342. The molecule has 125 valence electrons. The lowest BCUT2D eigenvalue weighted by atomic mass is 9.91. The third kappa shape index (κ3) is 3.62. The van der Waals surface area contributed by atoms with Crippen LogP contribution in [-0.4, -0.2) is 22.2 Å². The number of pyridine rings is 1. The van der Waals surface area contributed by atoms with Crippen molar-refractivity contribution in [1.29, 1.82) is 0 Å². The molecule has 0 saturated heterocycles. The predicted molar refractivity (Wildman–Crippen MR) is 69.6 cm³/mol. The number of aromatic nitrogens is 1. The summed E-state index contributed by atoms with van der Waals surface area (Å²) in [5.74, 6) is 0. The van der Waals surface area contributed by atoms with Gasteiger partial charge in [-0.3, -0.25) is 0 Å². The van der Waals surface area contributed by atoms with Crippen LogP contribution in [0.3, 0.4) is 0 Å². The van der Waals surface area contributed by atoms with Crippen LogP contribution in [0.5, 0.6) is 0 Å². The van der Waals surface area contributed by atoms with E-state index < -0.39 is 45.1 Å². The Hall–Kier alpha value is -0.280. The zero-order valence-electron chi connectivity index (χ0n) is 10.5. The summed E-state index contributed by atoms with van der Waals surface area (Å²) in [4.78, 5) is 1.67. The normalized spacial score (nSPS) is 13.8. The minimum absolute atomic E-state index is 0.182. The molecule has 0 bridgehead atoms. The Labute approximate surface area is 138 Å². The second-order valence-electron chi connectivity index (χ2n) is 4.23. The fourth-order valence-corrected chi connectivity index (χ4v) is 2.50. The topological polar surface area (TPSA) is 12.9 Å². The van der Waals surface area contributed by atoms with Crippen molar-refractivity contribution in [3.8, 4) is 0 Å². The SMILES string of the molecule is Cc1[c]c(Br)nc(C(F)(C(F)(F)F)C(F)(F)F)c1CC(Cl)Cl. The summed E-state index contributed by atoms with van der Waals surface area (Å²) < 4.78 is 90.7. The molecule has 0 aliphatic carbocycles. The van der Waals surface area contributed by atoms with Crippen molar-refractivity contribution in [2.24, 2.45) is 0 Å². The van der Waals surface area contributed by atoms with Gasteiger partial charge in [-0.1, -0.05) is 0 Å². The first-order chi connectivity index (χ1) is 9.71. The highest BCUT2D eigenvalue weighted by molar-refractivity contribution is 9.10. The van der Waals surface area contributed by atoms with Crippen molar-refractivity contribution < 1.29 is 30.7 Å². The third-order valence-electron chi connectivity index (χ3n) is 2.71. The van der Waals surface area contributed by atoms with Gasteiger partial charge in [0.05, 0.1) is 0 Å². The van der Waals surface area contributed by atoms with E-state index in [9.17, 15) is 30.7 Å². The van der Waals surface area contributed by atoms with Gasteiger partial charge in [0.15, 0.2) is 0 Å². The van der Waals surface area contributed by atoms with Gasteiger partial charge in [0.2, 0.25) is 0 Å². The Balaban J connectivity index is 3.76. The number of rotatable bonds is 3. The summed E-state index contributed by atoms with van der Waals surface area (Å²) >= 11 is 13.4. The highest BCUT2D eigenvalue weighted by Crippen LogP contribution is 2.54. The number of alkyl halides is 9. The van der Waals surface area contributed by atoms with Crippen molar-refractivity contribution in [1.82, 2.24) is 4.98 Å². The molecule has 0 aliphatic rings. The zero-order chi connectivity index (χ0) is 17.5. The molecule has 0 aromatic carbocycles. The lowest BCUT2D eigenvalue weighted by Gasteiger charge is -2.31. The van der Waals surface area contributed by atoms with Crippen LogP contribution in [0.1, 0.15) is 16.8 Å². The van der Waals surface area contributed by atoms with Gasteiger partial charge in [-0.15, -0.1) is 23.2 Å². The average Bonchev–Trinajstić information content (AvgIpc) is 2.27. The fourth-order valence-electron chi connectivity index (χ4n) is 1.72. The maximum absolute atomic E-state index is 14.2. The molecule has 1 nitrogen and oxygen atoms in total. The Kier molecular flexibility index (Phi) is 5.67. The van der Waals surface area contributed by atoms with E-state index in [0.717, 1.165) is 6.92 Å². The standard InChI is InChI=1S/C11H6BrCl2F7N/c1-4-2-6(12)22-8(5(4)3-7(13)14)9(15,10(16,17)18)11(19,20)21/h7H,3H2,1H3. The van der Waals surface area contributed by atoms with Gasteiger partial charge >= 0.3 is 18.0 Å². The molecule has 1 aromatic rings. The number of aryl methyl sites for hydroxylation is 1. The lowest BCUT2D eigenvalue weighted by molar-refractivity contribution is -0.350. The molecule has 0 aliphatic heterocycles. The first-order valence-electron chi connectivity index (χ1n) is 5.41. The second kappa shape index (κ2) is 6.32. The molecule has 0 N–H and O–H groups in total. The van der Waals surface area contributed by atoms with Crippen LogP contribution in [0.15, 0.2) is 4.60 Å². The summed E-state index contributed by atoms with van der Waals surface area (Å²) in [7, 11) is 0. The minimum Gasteiger partial charge on any atom is -0.241 e. The van der Waals surface area contributed by atoms with Gasteiger partial charge < -0.3 is 0 Å². The van der Waals surface area contributed by atoms with Crippen molar-refractivity contribution in [2.45, 2.75) is 36.2 Å². The molecule has 0 unspecified atom stereocenters. The van der Waals surface area contributed by atoms with E-state index >= 15 is 0 Å². The van der Waals surface area contributed by atoms with Crippen LogP contribution >= 0.6 is 39.1 Å². The molecule has 1 aromatic heterocycles. The largest absolute Gasteiger partial charge is 0.437 e. The van der Waals surface area contributed by atoms with E-state index in [0.29, 0.717) is 0 Å². The van der Waals surface area contributed by atoms with Crippen molar-refractivity contribution in [3.05, 3.63) is 27.5 Å². The Morgan fingerprint density at radius 1 is 1.09 bits per heavy atom. The maximum atomic E-state index is 14.2. The zero-order valence-corrected chi connectivity index (χ0v) is 13.6. The van der Waals surface area contributed by atoms with Crippen LogP contribution in [0, 0.1) is 13.0 Å². The number of hydrogen-bond acceptors (Lipinski definition) is 1. The van der Waals surface area contributed by atoms with E-state index in [-0.39, 0.29) is 5.56 Å². The summed E-state index contributed by atoms with van der Waals surface area (Å²) in [6, 6.07) is 2.35. The molecule has 1 rings (SSSR count). The van der Waals surface area contributed by atoms with Gasteiger partial charge in [-0.2, -0.15) is 26.3 Å². The van der Waals surface area contributed by atoms with Gasteiger partial charge in [0, 0.05) is 12.5 Å².